The van der Waals surface area contributed by atoms with Crippen LogP contribution in [0, 0.1) is 0 Å². The highest BCUT2D eigenvalue weighted by Gasteiger charge is 2.17. The summed E-state index contributed by atoms with van der Waals surface area (Å²) in [6, 6.07) is 7.31. The van der Waals surface area contributed by atoms with Gasteiger partial charge in [0.1, 0.15) is 0 Å². The molecule has 0 amide bonds. The van der Waals surface area contributed by atoms with Crippen molar-refractivity contribution in [3.63, 3.8) is 0 Å². The summed E-state index contributed by atoms with van der Waals surface area (Å²) in [5, 5.41) is 0. The Balaban J connectivity index is 2.69. The fourth-order valence-corrected chi connectivity index (χ4v) is 1.76. The van der Waals surface area contributed by atoms with Crippen molar-refractivity contribution in [2.75, 3.05) is 6.66 Å². The first kappa shape index (κ1) is 8.48. The number of nitrogens with zero attached hydrogens (tertiary/aromatic N) is 1. The number of H-pyrrole nitrogens is 1. The molecule has 0 radical (unpaired) electrons. The lowest BCUT2D eigenvalue weighted by Crippen LogP contribution is -2.06. The molecule has 1 unspecified atom stereocenters. The third-order valence-electron chi connectivity index (χ3n) is 1.77. The van der Waals surface area contributed by atoms with E-state index in [-0.39, 0.29) is 5.57 Å². The van der Waals surface area contributed by atoms with Gasteiger partial charge < -0.3 is 9.88 Å². The standard InChI is InChI=1S/C8H9N2O2P/c1-13(11,12)8-9-6-4-2-3-5-7(6)10-8/h2-5H,1H3,(H,9,10)(H,11,12). The van der Waals surface area contributed by atoms with Crippen LogP contribution in [0.2, 0.25) is 0 Å². The van der Waals surface area contributed by atoms with Gasteiger partial charge in [-0.2, -0.15) is 0 Å². The second-order valence-corrected chi connectivity index (χ2v) is 5.14. The van der Waals surface area contributed by atoms with Crippen LogP contribution < -0.4 is 5.57 Å². The zero-order valence-electron chi connectivity index (χ0n) is 7.06. The Kier molecular flexibility index (Phi) is 1.75. The normalized spacial score (nSPS) is 15.8. The van der Waals surface area contributed by atoms with Gasteiger partial charge in [-0.05, 0) is 12.1 Å². The maximum atomic E-state index is 11.2. The van der Waals surface area contributed by atoms with E-state index in [0.717, 1.165) is 5.52 Å². The maximum absolute atomic E-state index is 11.2. The van der Waals surface area contributed by atoms with Gasteiger partial charge in [0, 0.05) is 6.66 Å². The number of imidazole rings is 1. The molecule has 2 aromatic rings. The van der Waals surface area contributed by atoms with Crippen LogP contribution >= 0.6 is 7.37 Å². The van der Waals surface area contributed by atoms with E-state index in [1.165, 1.54) is 6.66 Å². The zero-order valence-corrected chi connectivity index (χ0v) is 7.95. The number of hydrogen-bond acceptors (Lipinski definition) is 2. The molecular weight excluding hydrogens is 187 g/mol. The molecule has 0 saturated heterocycles. The third kappa shape index (κ3) is 1.50. The van der Waals surface area contributed by atoms with Crippen LogP contribution in [-0.4, -0.2) is 21.5 Å². The van der Waals surface area contributed by atoms with Crippen molar-refractivity contribution in [2.24, 2.45) is 0 Å². The summed E-state index contributed by atoms with van der Waals surface area (Å²) in [7, 11) is -3.26. The van der Waals surface area contributed by atoms with Crippen LogP contribution in [-0.2, 0) is 4.57 Å². The summed E-state index contributed by atoms with van der Waals surface area (Å²) in [6.07, 6.45) is 0. The van der Waals surface area contributed by atoms with Crippen molar-refractivity contribution in [3.05, 3.63) is 24.3 Å². The van der Waals surface area contributed by atoms with Gasteiger partial charge in [0.2, 0.25) is 0 Å². The highest BCUT2D eigenvalue weighted by atomic mass is 31.2. The number of fused-ring (bicyclic) bond motifs is 1. The molecule has 13 heavy (non-hydrogen) atoms. The van der Waals surface area contributed by atoms with E-state index in [2.05, 4.69) is 9.97 Å². The predicted octanol–water partition coefficient (Wildman–Crippen LogP) is 1.09. The number of hydrogen-bond donors (Lipinski definition) is 2. The zero-order chi connectivity index (χ0) is 9.47. The van der Waals surface area contributed by atoms with Crippen molar-refractivity contribution in [1.29, 1.82) is 0 Å². The van der Waals surface area contributed by atoms with Crippen molar-refractivity contribution >= 4 is 24.0 Å². The molecule has 4 nitrogen and oxygen atoms in total. The van der Waals surface area contributed by atoms with Crippen molar-refractivity contribution in [3.8, 4) is 0 Å². The number of aromatic nitrogens is 2. The lowest BCUT2D eigenvalue weighted by molar-refractivity contribution is 0.494. The summed E-state index contributed by atoms with van der Waals surface area (Å²) in [4.78, 5) is 16.1. The minimum Gasteiger partial charge on any atom is -0.339 e. The Morgan fingerprint density at radius 1 is 1.46 bits per heavy atom. The number of benzene rings is 1. The lowest BCUT2D eigenvalue weighted by atomic mass is 10.3. The molecule has 0 aliphatic carbocycles. The number of rotatable bonds is 1. The fraction of sp³-hybridized carbons (Fsp3) is 0.125. The van der Waals surface area contributed by atoms with E-state index in [1.54, 1.807) is 6.07 Å². The van der Waals surface area contributed by atoms with E-state index >= 15 is 0 Å². The first-order valence-electron chi connectivity index (χ1n) is 3.83. The smallest absolute Gasteiger partial charge is 0.260 e. The lowest BCUT2D eigenvalue weighted by Gasteiger charge is -1.97. The van der Waals surface area contributed by atoms with E-state index in [9.17, 15) is 9.46 Å². The Hall–Kier alpha value is -1.12. The molecule has 0 aliphatic rings. The molecule has 2 rings (SSSR count). The SMILES string of the molecule is CP(=O)(O)c1nc2ccccc2[nH]1. The minimum absolute atomic E-state index is 0.161. The summed E-state index contributed by atoms with van der Waals surface area (Å²) < 4.78 is 11.2. The molecule has 1 aromatic carbocycles. The van der Waals surface area contributed by atoms with Gasteiger partial charge in [0.25, 0.3) is 7.37 Å². The van der Waals surface area contributed by atoms with Gasteiger partial charge in [-0.3, -0.25) is 4.57 Å². The molecule has 2 N–H and O–H groups in total. The van der Waals surface area contributed by atoms with Crippen LogP contribution in [0.25, 0.3) is 11.0 Å². The van der Waals surface area contributed by atoms with Crippen LogP contribution in [0.3, 0.4) is 0 Å². The molecule has 0 spiro atoms. The molecule has 0 saturated carbocycles. The predicted molar refractivity (Wildman–Crippen MR) is 51.5 cm³/mol. The van der Waals surface area contributed by atoms with Crippen molar-refractivity contribution < 1.29 is 9.46 Å². The topological polar surface area (TPSA) is 66.0 Å². The van der Waals surface area contributed by atoms with Crippen LogP contribution in [0.5, 0.6) is 0 Å². The molecule has 0 bridgehead atoms. The van der Waals surface area contributed by atoms with Crippen LogP contribution in [0.15, 0.2) is 24.3 Å². The molecule has 1 aromatic heterocycles. The summed E-state index contributed by atoms with van der Waals surface area (Å²) >= 11 is 0. The van der Waals surface area contributed by atoms with E-state index in [0.29, 0.717) is 5.52 Å². The number of nitrogens with one attached hydrogen (secondary N) is 1. The molecule has 0 aliphatic heterocycles. The third-order valence-corrected chi connectivity index (χ3v) is 2.77. The van der Waals surface area contributed by atoms with Gasteiger partial charge in [-0.15, -0.1) is 0 Å². The van der Waals surface area contributed by atoms with Gasteiger partial charge in [0.15, 0.2) is 5.57 Å². The number of para-hydroxylation sites is 2. The van der Waals surface area contributed by atoms with E-state index in [4.69, 9.17) is 0 Å². The van der Waals surface area contributed by atoms with Crippen molar-refractivity contribution in [2.45, 2.75) is 0 Å². The first-order valence-corrected chi connectivity index (χ1v) is 5.93. The van der Waals surface area contributed by atoms with Crippen LogP contribution in [0.4, 0.5) is 0 Å². The molecule has 1 atom stereocenters. The largest absolute Gasteiger partial charge is 0.339 e. The highest BCUT2D eigenvalue weighted by molar-refractivity contribution is 7.64. The Morgan fingerprint density at radius 2 is 2.15 bits per heavy atom. The van der Waals surface area contributed by atoms with Crippen LogP contribution in [0.1, 0.15) is 0 Å². The average molecular weight is 196 g/mol. The van der Waals surface area contributed by atoms with Crippen molar-refractivity contribution in [1.82, 2.24) is 9.97 Å². The molecule has 68 valence electrons. The molecule has 0 fully saturated rings. The molecule has 5 heteroatoms. The van der Waals surface area contributed by atoms with E-state index in [1.807, 2.05) is 18.2 Å². The average Bonchev–Trinajstić information content (AvgIpc) is 2.45. The Morgan fingerprint density at radius 3 is 2.77 bits per heavy atom. The monoisotopic (exact) mass is 196 g/mol. The summed E-state index contributed by atoms with van der Waals surface area (Å²) in [5.74, 6) is 0. The molecule has 1 heterocycles. The van der Waals surface area contributed by atoms with Gasteiger partial charge in [0.05, 0.1) is 11.0 Å². The van der Waals surface area contributed by atoms with Gasteiger partial charge in [-0.1, -0.05) is 12.1 Å². The Labute approximate surface area is 75.1 Å². The molecular formula is C8H9N2O2P. The van der Waals surface area contributed by atoms with Gasteiger partial charge >= 0.3 is 0 Å². The highest BCUT2D eigenvalue weighted by Crippen LogP contribution is 2.32. The first-order chi connectivity index (χ1) is 6.07. The number of aromatic amines is 1. The summed E-state index contributed by atoms with van der Waals surface area (Å²) in [6.45, 7) is 1.27. The fourth-order valence-electron chi connectivity index (χ4n) is 1.14. The Bertz CT molecular complexity index is 453. The summed E-state index contributed by atoms with van der Waals surface area (Å²) in [5.41, 5.74) is 1.66. The second kappa shape index (κ2) is 2.69. The maximum Gasteiger partial charge on any atom is 0.260 e. The quantitative estimate of drug-likeness (QED) is 0.671. The second-order valence-electron chi connectivity index (χ2n) is 2.96. The van der Waals surface area contributed by atoms with E-state index < -0.39 is 7.37 Å². The minimum atomic E-state index is -3.26. The van der Waals surface area contributed by atoms with Gasteiger partial charge in [-0.25, -0.2) is 4.98 Å².